The lowest BCUT2D eigenvalue weighted by atomic mass is 10.1. The van der Waals surface area contributed by atoms with Crippen molar-refractivity contribution in [1.29, 1.82) is 0 Å². The first-order valence-corrected chi connectivity index (χ1v) is 5.67. The first-order valence-electron chi connectivity index (χ1n) is 5.67. The van der Waals surface area contributed by atoms with Gasteiger partial charge in [0.1, 0.15) is 11.9 Å². The van der Waals surface area contributed by atoms with Crippen molar-refractivity contribution >= 4 is 11.7 Å². The van der Waals surface area contributed by atoms with E-state index in [0.29, 0.717) is 11.4 Å². The van der Waals surface area contributed by atoms with E-state index in [1.807, 2.05) is 0 Å². The summed E-state index contributed by atoms with van der Waals surface area (Å²) in [5.41, 5.74) is 6.33. The first kappa shape index (κ1) is 11.7. The number of benzene rings is 1. The second-order valence-electron chi connectivity index (χ2n) is 4.12. The molecule has 4 N–H and O–H groups in total. The number of carboxylic acids is 1. The Hall–Kier alpha value is -1.75. The number of aromatic carboxylic acids is 1. The Balaban J connectivity index is 2.08. The van der Waals surface area contributed by atoms with Crippen LogP contribution < -0.4 is 15.8 Å². The standard InChI is InChI=1S/C12H16N2O3/c13-10-7-8(12(15)16)1-2-11(10)17-9-3-5-14-6-4-9/h1-2,7,9,14H,3-6,13H2,(H,15,16). The molecule has 2 rings (SSSR count). The van der Waals surface area contributed by atoms with Crippen LogP contribution in [0.4, 0.5) is 5.69 Å². The number of carbonyl (C=O) groups is 1. The smallest absolute Gasteiger partial charge is 0.335 e. The van der Waals surface area contributed by atoms with Crippen LogP contribution in [-0.4, -0.2) is 30.3 Å². The molecule has 5 nitrogen and oxygen atoms in total. The molecule has 1 saturated heterocycles. The highest BCUT2D eigenvalue weighted by atomic mass is 16.5. The molecule has 0 amide bonds. The average Bonchev–Trinajstić information content (AvgIpc) is 2.33. The van der Waals surface area contributed by atoms with E-state index in [0.717, 1.165) is 25.9 Å². The summed E-state index contributed by atoms with van der Waals surface area (Å²) in [6.07, 6.45) is 2.05. The van der Waals surface area contributed by atoms with Crippen LogP contribution >= 0.6 is 0 Å². The molecule has 1 fully saturated rings. The summed E-state index contributed by atoms with van der Waals surface area (Å²) in [7, 11) is 0. The number of nitrogen functional groups attached to an aromatic ring is 1. The molecular weight excluding hydrogens is 220 g/mol. The van der Waals surface area contributed by atoms with Crippen LogP contribution in [0.2, 0.25) is 0 Å². The predicted molar refractivity (Wildman–Crippen MR) is 64.3 cm³/mol. The molecule has 0 aromatic heterocycles. The van der Waals surface area contributed by atoms with E-state index in [4.69, 9.17) is 15.6 Å². The number of nitrogens with two attached hydrogens (primary N) is 1. The predicted octanol–water partition coefficient (Wildman–Crippen LogP) is 1.10. The molecule has 5 heteroatoms. The van der Waals surface area contributed by atoms with Crippen molar-refractivity contribution in [3.8, 4) is 5.75 Å². The van der Waals surface area contributed by atoms with Crippen molar-refractivity contribution in [3.05, 3.63) is 23.8 Å². The number of hydrogen-bond acceptors (Lipinski definition) is 4. The molecule has 1 aliphatic rings. The van der Waals surface area contributed by atoms with Crippen molar-refractivity contribution < 1.29 is 14.6 Å². The van der Waals surface area contributed by atoms with Crippen LogP contribution in [0, 0.1) is 0 Å². The fourth-order valence-corrected chi connectivity index (χ4v) is 1.88. The van der Waals surface area contributed by atoms with Gasteiger partial charge in [-0.25, -0.2) is 4.79 Å². The topological polar surface area (TPSA) is 84.6 Å². The third-order valence-electron chi connectivity index (χ3n) is 2.84. The maximum atomic E-state index is 10.7. The number of anilines is 1. The van der Waals surface area contributed by atoms with Crippen LogP contribution in [0.3, 0.4) is 0 Å². The fraction of sp³-hybridized carbons (Fsp3) is 0.417. The summed E-state index contributed by atoms with van der Waals surface area (Å²) in [5, 5.41) is 12.1. The van der Waals surface area contributed by atoms with Gasteiger partial charge in [0.05, 0.1) is 11.3 Å². The molecule has 0 saturated carbocycles. The summed E-state index contributed by atoms with van der Waals surface area (Å²) < 4.78 is 5.76. The minimum absolute atomic E-state index is 0.161. The third kappa shape index (κ3) is 2.88. The van der Waals surface area contributed by atoms with E-state index in [-0.39, 0.29) is 11.7 Å². The van der Waals surface area contributed by atoms with Crippen molar-refractivity contribution in [3.63, 3.8) is 0 Å². The quantitative estimate of drug-likeness (QED) is 0.684. The second-order valence-corrected chi connectivity index (χ2v) is 4.12. The van der Waals surface area contributed by atoms with Gasteiger partial charge in [0.2, 0.25) is 0 Å². The van der Waals surface area contributed by atoms with E-state index in [1.165, 1.54) is 12.1 Å². The lowest BCUT2D eigenvalue weighted by molar-refractivity contribution is 0.0697. The Labute approximate surface area is 99.6 Å². The molecule has 0 spiro atoms. The molecule has 0 radical (unpaired) electrons. The van der Waals surface area contributed by atoms with E-state index in [1.54, 1.807) is 6.07 Å². The number of ether oxygens (including phenoxy) is 1. The molecule has 1 aliphatic heterocycles. The number of hydrogen-bond donors (Lipinski definition) is 3. The molecule has 0 bridgehead atoms. The molecule has 1 aromatic carbocycles. The maximum absolute atomic E-state index is 10.7. The van der Waals surface area contributed by atoms with E-state index in [2.05, 4.69) is 5.32 Å². The van der Waals surface area contributed by atoms with Crippen molar-refractivity contribution in [2.24, 2.45) is 0 Å². The van der Waals surface area contributed by atoms with Gasteiger partial charge in [-0.1, -0.05) is 0 Å². The minimum atomic E-state index is -0.981. The van der Waals surface area contributed by atoms with Crippen LogP contribution in [-0.2, 0) is 0 Å². The zero-order valence-corrected chi connectivity index (χ0v) is 9.48. The van der Waals surface area contributed by atoms with Crippen LogP contribution in [0.1, 0.15) is 23.2 Å². The number of piperidine rings is 1. The normalized spacial score (nSPS) is 16.7. The van der Waals surface area contributed by atoms with Gasteiger partial charge in [-0.15, -0.1) is 0 Å². The Bertz CT molecular complexity index is 414. The highest BCUT2D eigenvalue weighted by Gasteiger charge is 2.16. The van der Waals surface area contributed by atoms with Crippen LogP contribution in [0.5, 0.6) is 5.75 Å². The molecule has 0 unspecified atom stereocenters. The Morgan fingerprint density at radius 2 is 2.12 bits per heavy atom. The van der Waals surface area contributed by atoms with E-state index in [9.17, 15) is 4.79 Å². The molecule has 1 aromatic rings. The maximum Gasteiger partial charge on any atom is 0.335 e. The Morgan fingerprint density at radius 3 is 2.71 bits per heavy atom. The zero-order chi connectivity index (χ0) is 12.3. The molecule has 1 heterocycles. The minimum Gasteiger partial charge on any atom is -0.488 e. The summed E-state index contributed by atoms with van der Waals surface area (Å²) in [5.74, 6) is -0.410. The molecular formula is C12H16N2O3. The second kappa shape index (κ2) is 5.05. The number of rotatable bonds is 3. The van der Waals surface area contributed by atoms with E-state index < -0.39 is 5.97 Å². The highest BCUT2D eigenvalue weighted by Crippen LogP contribution is 2.25. The fourth-order valence-electron chi connectivity index (χ4n) is 1.88. The Kier molecular flexibility index (Phi) is 3.49. The van der Waals surface area contributed by atoms with Crippen molar-refractivity contribution in [2.75, 3.05) is 18.8 Å². The van der Waals surface area contributed by atoms with Gasteiger partial charge in [-0.05, 0) is 44.1 Å². The summed E-state index contributed by atoms with van der Waals surface area (Å²) >= 11 is 0. The average molecular weight is 236 g/mol. The van der Waals surface area contributed by atoms with Crippen LogP contribution in [0.25, 0.3) is 0 Å². The molecule has 0 atom stereocenters. The monoisotopic (exact) mass is 236 g/mol. The summed E-state index contributed by atoms with van der Waals surface area (Å²) in [6.45, 7) is 1.88. The van der Waals surface area contributed by atoms with Gasteiger partial charge in [0.15, 0.2) is 0 Å². The van der Waals surface area contributed by atoms with Gasteiger partial charge in [0, 0.05) is 0 Å². The SMILES string of the molecule is Nc1cc(C(=O)O)ccc1OC1CCNCC1. The van der Waals surface area contributed by atoms with Gasteiger partial charge >= 0.3 is 5.97 Å². The van der Waals surface area contributed by atoms with Crippen molar-refractivity contribution in [1.82, 2.24) is 5.32 Å². The largest absolute Gasteiger partial charge is 0.488 e. The molecule has 0 aliphatic carbocycles. The zero-order valence-electron chi connectivity index (χ0n) is 9.48. The molecule has 92 valence electrons. The van der Waals surface area contributed by atoms with Crippen LogP contribution in [0.15, 0.2) is 18.2 Å². The molecule has 17 heavy (non-hydrogen) atoms. The lowest BCUT2D eigenvalue weighted by Crippen LogP contribution is -2.34. The van der Waals surface area contributed by atoms with Gasteiger partial charge < -0.3 is 20.9 Å². The third-order valence-corrected chi connectivity index (χ3v) is 2.84. The lowest BCUT2D eigenvalue weighted by Gasteiger charge is -2.24. The number of nitrogens with one attached hydrogen (secondary N) is 1. The van der Waals surface area contributed by atoms with Gasteiger partial charge in [-0.2, -0.15) is 0 Å². The van der Waals surface area contributed by atoms with Gasteiger partial charge in [-0.3, -0.25) is 0 Å². The van der Waals surface area contributed by atoms with Gasteiger partial charge in [0.25, 0.3) is 0 Å². The Morgan fingerprint density at radius 1 is 1.41 bits per heavy atom. The van der Waals surface area contributed by atoms with E-state index >= 15 is 0 Å². The van der Waals surface area contributed by atoms with Crippen molar-refractivity contribution in [2.45, 2.75) is 18.9 Å². The first-order chi connectivity index (χ1) is 8.16. The summed E-state index contributed by atoms with van der Waals surface area (Å²) in [6, 6.07) is 4.56. The number of carboxylic acid groups (broad SMARTS) is 1. The summed E-state index contributed by atoms with van der Waals surface area (Å²) in [4.78, 5) is 10.7. The highest BCUT2D eigenvalue weighted by molar-refractivity contribution is 5.89.